The van der Waals surface area contributed by atoms with Crippen molar-refractivity contribution >= 4 is 20.9 Å². The number of aryl methyl sites for hydroxylation is 1. The Bertz CT molecular complexity index is 711. The molecule has 0 saturated carbocycles. The summed E-state index contributed by atoms with van der Waals surface area (Å²) in [6, 6.07) is 10.5. The van der Waals surface area contributed by atoms with Crippen LogP contribution < -0.4 is 51.4 Å². The van der Waals surface area contributed by atoms with E-state index in [0.29, 0.717) is 5.39 Å². The van der Waals surface area contributed by atoms with Crippen LogP contribution in [0, 0.1) is 0 Å². The van der Waals surface area contributed by atoms with E-state index in [2.05, 4.69) is 6.92 Å². The van der Waals surface area contributed by atoms with E-state index in [4.69, 9.17) is 0 Å². The maximum absolute atomic E-state index is 11.3. The summed E-state index contributed by atoms with van der Waals surface area (Å²) in [6.07, 6.45) is 6.91. The van der Waals surface area contributed by atoms with Gasteiger partial charge in [0.25, 0.3) is 0 Å². The summed E-state index contributed by atoms with van der Waals surface area (Å²) in [5, 5.41) is 1.42. The van der Waals surface area contributed by atoms with Gasteiger partial charge >= 0.3 is 51.4 Å². The third-order valence-electron chi connectivity index (χ3n) is 3.79. The van der Waals surface area contributed by atoms with E-state index in [-0.39, 0.29) is 56.3 Å². The second-order valence-electron chi connectivity index (χ2n) is 5.39. The Balaban J connectivity index is 0.00000242. The van der Waals surface area contributed by atoms with Gasteiger partial charge in [-0.1, -0.05) is 62.9 Å². The van der Waals surface area contributed by atoms with Crippen LogP contribution in [0.2, 0.25) is 0 Å². The molecule has 0 aliphatic heterocycles. The molecule has 3 nitrogen and oxygen atoms in total. The quantitative estimate of drug-likeness (QED) is 0.432. The molecule has 114 valence electrons. The van der Waals surface area contributed by atoms with Gasteiger partial charge in [0.2, 0.25) is 0 Å². The van der Waals surface area contributed by atoms with Crippen molar-refractivity contribution in [3.63, 3.8) is 0 Å². The van der Waals surface area contributed by atoms with Crippen molar-refractivity contribution in [3.05, 3.63) is 42.0 Å². The molecule has 0 unspecified atom stereocenters. The first kappa shape index (κ1) is 20.3. The first-order chi connectivity index (χ1) is 10.0. The summed E-state index contributed by atoms with van der Waals surface area (Å²) in [6.45, 7) is 2.19. The van der Waals surface area contributed by atoms with Crippen LogP contribution >= 0.6 is 0 Å². The Morgan fingerprint density at radius 1 is 0.909 bits per heavy atom. The maximum atomic E-state index is 11.3. The summed E-state index contributed by atoms with van der Waals surface area (Å²) in [5.41, 5.74) is 1.12. The van der Waals surface area contributed by atoms with Gasteiger partial charge in [-0.2, -0.15) is 0 Å². The average Bonchev–Trinajstić information content (AvgIpc) is 2.45. The molecule has 0 fully saturated rings. The predicted molar refractivity (Wildman–Crippen MR) is 84.4 cm³/mol. The van der Waals surface area contributed by atoms with Crippen molar-refractivity contribution in [2.75, 3.05) is 0 Å². The van der Waals surface area contributed by atoms with Crippen molar-refractivity contribution < 1.29 is 64.4 Å². The zero-order valence-corrected chi connectivity index (χ0v) is 17.3. The molecule has 0 heterocycles. The minimum atomic E-state index is -4.43. The molecule has 0 aliphatic carbocycles. The van der Waals surface area contributed by atoms with Crippen LogP contribution in [0.5, 0.6) is 0 Å². The van der Waals surface area contributed by atoms with Gasteiger partial charge in [0.15, 0.2) is 0 Å². The van der Waals surface area contributed by atoms with E-state index >= 15 is 0 Å². The monoisotopic (exact) mass is 344 g/mol. The Hall–Kier alpha value is 0.246. The first-order valence-electron chi connectivity index (χ1n) is 7.50. The molecule has 2 aromatic rings. The van der Waals surface area contributed by atoms with E-state index in [1.807, 2.05) is 18.2 Å². The van der Waals surface area contributed by atoms with E-state index < -0.39 is 10.1 Å². The number of hydrogen-bond acceptors (Lipinski definition) is 3. The molecule has 0 radical (unpaired) electrons. The summed E-state index contributed by atoms with van der Waals surface area (Å²) < 4.78 is 34.0. The Labute approximate surface area is 175 Å². The molecule has 22 heavy (non-hydrogen) atoms. The van der Waals surface area contributed by atoms with Gasteiger partial charge in [-0.3, -0.25) is 0 Å². The van der Waals surface area contributed by atoms with E-state index in [0.717, 1.165) is 23.8 Å². The molecule has 5 heteroatoms. The minimum Gasteiger partial charge on any atom is -0.744 e. The Morgan fingerprint density at radius 3 is 2.23 bits per heavy atom. The molecule has 0 N–H and O–H groups in total. The molecule has 0 atom stereocenters. The van der Waals surface area contributed by atoms with Crippen LogP contribution in [-0.2, 0) is 16.5 Å². The largest absolute Gasteiger partial charge is 1.00 e. The number of fused-ring (bicyclic) bond motifs is 1. The SMILES string of the molecule is CCCCCCCc1cccc2c(S(=O)(=O)[O-])cccc12.[K+]. The third kappa shape index (κ3) is 5.41. The number of rotatable bonds is 7. The molecule has 0 aromatic heterocycles. The second kappa shape index (κ2) is 9.52. The standard InChI is InChI=1S/C17H22O3S.K/c1-2-3-4-5-6-9-14-10-7-12-16-15(14)11-8-13-17(16)21(18,19)20;/h7-8,10-13H,2-6,9H2,1H3,(H,18,19,20);/q;+1/p-1. The van der Waals surface area contributed by atoms with E-state index in [9.17, 15) is 13.0 Å². The topological polar surface area (TPSA) is 57.2 Å². The average molecular weight is 345 g/mol. The molecule has 0 saturated heterocycles. The van der Waals surface area contributed by atoms with Gasteiger partial charge < -0.3 is 4.55 Å². The number of unbranched alkanes of at least 4 members (excludes halogenated alkanes) is 4. The molecular weight excluding hydrogens is 323 g/mol. The zero-order valence-electron chi connectivity index (χ0n) is 13.3. The molecule has 0 bridgehead atoms. The summed E-state index contributed by atoms with van der Waals surface area (Å²) in [7, 11) is -4.43. The molecule has 0 amide bonds. The summed E-state index contributed by atoms with van der Waals surface area (Å²) in [4.78, 5) is -0.118. The van der Waals surface area contributed by atoms with Gasteiger partial charge in [-0.05, 0) is 35.2 Å². The molecule has 2 rings (SSSR count). The van der Waals surface area contributed by atoms with Crippen LogP contribution in [0.1, 0.15) is 44.6 Å². The van der Waals surface area contributed by atoms with Gasteiger partial charge in [-0.15, -0.1) is 0 Å². The summed E-state index contributed by atoms with van der Waals surface area (Å²) in [5.74, 6) is 0. The predicted octanol–water partition coefficient (Wildman–Crippen LogP) is 1.26. The minimum absolute atomic E-state index is 0. The van der Waals surface area contributed by atoms with Gasteiger partial charge in [0.05, 0.1) is 4.90 Å². The van der Waals surface area contributed by atoms with Gasteiger partial charge in [-0.25, -0.2) is 8.42 Å². The molecular formula is C17H21KO3S. The fourth-order valence-corrected chi connectivity index (χ4v) is 3.39. The van der Waals surface area contributed by atoms with Crippen molar-refractivity contribution in [2.45, 2.75) is 50.3 Å². The molecule has 2 aromatic carbocycles. The fourth-order valence-electron chi connectivity index (χ4n) is 2.70. The van der Waals surface area contributed by atoms with Crippen LogP contribution in [0.15, 0.2) is 41.3 Å². The molecule has 0 spiro atoms. The number of hydrogen-bond donors (Lipinski definition) is 0. The van der Waals surface area contributed by atoms with Crippen molar-refractivity contribution in [3.8, 4) is 0 Å². The van der Waals surface area contributed by atoms with E-state index in [1.54, 1.807) is 12.1 Å². The molecule has 0 aliphatic rings. The second-order valence-corrected chi connectivity index (χ2v) is 6.73. The van der Waals surface area contributed by atoms with Crippen LogP contribution in [0.3, 0.4) is 0 Å². The normalized spacial score (nSPS) is 11.4. The Morgan fingerprint density at radius 2 is 1.55 bits per heavy atom. The first-order valence-corrected chi connectivity index (χ1v) is 8.91. The van der Waals surface area contributed by atoms with Gasteiger partial charge in [0.1, 0.15) is 10.1 Å². The van der Waals surface area contributed by atoms with Crippen LogP contribution in [-0.4, -0.2) is 13.0 Å². The van der Waals surface area contributed by atoms with Crippen molar-refractivity contribution in [1.29, 1.82) is 0 Å². The zero-order chi connectivity index (χ0) is 15.3. The van der Waals surface area contributed by atoms with E-state index in [1.165, 1.54) is 31.7 Å². The smallest absolute Gasteiger partial charge is 0.744 e. The third-order valence-corrected chi connectivity index (χ3v) is 4.69. The van der Waals surface area contributed by atoms with Crippen LogP contribution in [0.4, 0.5) is 0 Å². The maximum Gasteiger partial charge on any atom is 1.00 e. The van der Waals surface area contributed by atoms with Crippen LogP contribution in [0.25, 0.3) is 10.8 Å². The fraction of sp³-hybridized carbons (Fsp3) is 0.412. The number of benzene rings is 2. The summed E-state index contributed by atoms with van der Waals surface area (Å²) >= 11 is 0. The van der Waals surface area contributed by atoms with Crippen molar-refractivity contribution in [1.82, 2.24) is 0 Å². The van der Waals surface area contributed by atoms with Crippen molar-refractivity contribution in [2.24, 2.45) is 0 Å². The Kier molecular flexibility index (Phi) is 8.78. The van der Waals surface area contributed by atoms with Gasteiger partial charge in [0, 0.05) is 0 Å².